The van der Waals surface area contributed by atoms with Gasteiger partial charge in [-0.15, -0.1) is 5.10 Å². The Morgan fingerprint density at radius 2 is 1.92 bits per heavy atom. The van der Waals surface area contributed by atoms with Crippen LogP contribution in [0.25, 0.3) is 0 Å². The highest BCUT2D eigenvalue weighted by atomic mass is 15.3. The summed E-state index contributed by atoms with van der Waals surface area (Å²) in [5.41, 5.74) is 2.30. The third-order valence-electron chi connectivity index (χ3n) is 4.38. The summed E-state index contributed by atoms with van der Waals surface area (Å²) in [7, 11) is 0. The smallest absolute Gasteiger partial charge is 0.244 e. The van der Waals surface area contributed by atoms with Crippen LogP contribution in [-0.2, 0) is 0 Å². The molecule has 0 radical (unpaired) electrons. The molecule has 3 rings (SSSR count). The Morgan fingerprint density at radius 3 is 2.62 bits per heavy atom. The monoisotopic (exact) mass is 326 g/mol. The number of benzene rings is 1. The van der Waals surface area contributed by atoms with Gasteiger partial charge in [0.1, 0.15) is 0 Å². The number of nitrogens with zero attached hydrogens (tertiary/aromatic N) is 4. The second kappa shape index (κ2) is 7.95. The molecule has 6 heteroatoms. The molecule has 1 aliphatic heterocycles. The molecule has 0 amide bonds. The summed E-state index contributed by atoms with van der Waals surface area (Å²) in [6.45, 7) is 7.58. The average molecular weight is 326 g/mol. The summed E-state index contributed by atoms with van der Waals surface area (Å²) in [6, 6.07) is 8.52. The van der Waals surface area contributed by atoms with Crippen molar-refractivity contribution in [2.75, 3.05) is 35.2 Å². The Labute approximate surface area is 143 Å². The summed E-state index contributed by atoms with van der Waals surface area (Å²) in [4.78, 5) is 6.88. The number of anilines is 4. The minimum absolute atomic E-state index is 0.556. The van der Waals surface area contributed by atoms with Crippen molar-refractivity contribution in [3.63, 3.8) is 0 Å². The molecular weight excluding hydrogens is 300 g/mol. The van der Waals surface area contributed by atoms with E-state index >= 15 is 0 Å². The lowest BCUT2D eigenvalue weighted by Gasteiger charge is -2.32. The summed E-state index contributed by atoms with van der Waals surface area (Å²) >= 11 is 0. The van der Waals surface area contributed by atoms with Crippen molar-refractivity contribution >= 4 is 23.1 Å². The van der Waals surface area contributed by atoms with Crippen LogP contribution in [0.2, 0.25) is 0 Å². The molecule has 1 aromatic heterocycles. The average Bonchev–Trinajstić information content (AvgIpc) is 2.62. The molecule has 0 saturated carbocycles. The summed E-state index contributed by atoms with van der Waals surface area (Å²) < 4.78 is 0. The molecule has 6 nitrogen and oxygen atoms in total. The van der Waals surface area contributed by atoms with Gasteiger partial charge < -0.3 is 15.5 Å². The zero-order valence-corrected chi connectivity index (χ0v) is 14.5. The molecule has 2 N–H and O–H groups in total. The van der Waals surface area contributed by atoms with Gasteiger partial charge in [0.2, 0.25) is 5.95 Å². The Kier molecular flexibility index (Phi) is 5.46. The van der Waals surface area contributed by atoms with Crippen LogP contribution in [0.1, 0.15) is 33.1 Å². The fourth-order valence-electron chi connectivity index (χ4n) is 2.85. The molecule has 0 bridgehead atoms. The van der Waals surface area contributed by atoms with E-state index in [1.165, 1.54) is 18.5 Å². The number of hydrogen-bond acceptors (Lipinski definition) is 6. The van der Waals surface area contributed by atoms with Gasteiger partial charge in [-0.25, -0.2) is 0 Å². The lowest BCUT2D eigenvalue weighted by molar-refractivity contribution is 0.438. The van der Waals surface area contributed by atoms with Gasteiger partial charge in [0.15, 0.2) is 5.82 Å². The van der Waals surface area contributed by atoms with Gasteiger partial charge in [-0.3, -0.25) is 0 Å². The van der Waals surface area contributed by atoms with Crippen LogP contribution < -0.4 is 15.5 Å². The van der Waals surface area contributed by atoms with Crippen LogP contribution in [0.3, 0.4) is 0 Å². The number of nitrogens with one attached hydrogen (secondary N) is 2. The molecule has 1 aromatic carbocycles. The second-order valence-electron chi connectivity index (χ2n) is 6.43. The lowest BCUT2D eigenvalue weighted by Crippen LogP contribution is -2.32. The maximum Gasteiger partial charge on any atom is 0.244 e. The quantitative estimate of drug-likeness (QED) is 0.844. The van der Waals surface area contributed by atoms with Crippen molar-refractivity contribution < 1.29 is 0 Å². The third kappa shape index (κ3) is 4.34. The van der Waals surface area contributed by atoms with E-state index in [1.807, 2.05) is 0 Å². The summed E-state index contributed by atoms with van der Waals surface area (Å²) in [6.07, 6.45) is 5.22. The zero-order chi connectivity index (χ0) is 16.8. The first kappa shape index (κ1) is 16.5. The summed E-state index contributed by atoms with van der Waals surface area (Å²) in [5.74, 6) is 2.10. The maximum absolute atomic E-state index is 4.42. The minimum atomic E-state index is 0.556. The van der Waals surface area contributed by atoms with Crippen LogP contribution in [0.15, 0.2) is 30.5 Å². The van der Waals surface area contributed by atoms with Crippen molar-refractivity contribution in [3.05, 3.63) is 30.5 Å². The van der Waals surface area contributed by atoms with E-state index in [9.17, 15) is 0 Å². The first-order valence-corrected chi connectivity index (χ1v) is 8.80. The van der Waals surface area contributed by atoms with Crippen molar-refractivity contribution in [3.8, 4) is 0 Å². The third-order valence-corrected chi connectivity index (χ3v) is 4.38. The number of piperidine rings is 1. The number of aromatic nitrogens is 3. The second-order valence-corrected chi connectivity index (χ2v) is 6.43. The standard InChI is InChI=1S/C18H26N6/c1-3-10-19-18-22-17(13-20-23-18)21-15-4-6-16(7-5-15)24-11-8-14(2)9-12-24/h4-7,13-14H,3,8-12H2,1-2H3,(H2,19,21,22,23). The fraction of sp³-hybridized carbons (Fsp3) is 0.500. The van der Waals surface area contributed by atoms with Gasteiger partial charge in [-0.1, -0.05) is 13.8 Å². The van der Waals surface area contributed by atoms with E-state index in [4.69, 9.17) is 0 Å². The predicted octanol–water partition coefficient (Wildman–Crippen LogP) is 3.67. The Morgan fingerprint density at radius 1 is 1.17 bits per heavy atom. The van der Waals surface area contributed by atoms with Gasteiger partial charge in [0, 0.05) is 31.0 Å². The topological polar surface area (TPSA) is 66.0 Å². The molecule has 1 aliphatic rings. The van der Waals surface area contributed by atoms with E-state index in [1.54, 1.807) is 6.20 Å². The van der Waals surface area contributed by atoms with Crippen LogP contribution in [0.4, 0.5) is 23.1 Å². The molecule has 2 heterocycles. The molecule has 0 unspecified atom stereocenters. The van der Waals surface area contributed by atoms with Crippen LogP contribution >= 0.6 is 0 Å². The normalized spacial score (nSPS) is 15.3. The van der Waals surface area contributed by atoms with Crippen molar-refractivity contribution in [2.45, 2.75) is 33.1 Å². The number of rotatable bonds is 6. The predicted molar refractivity (Wildman–Crippen MR) is 98.9 cm³/mol. The highest BCUT2D eigenvalue weighted by Gasteiger charge is 2.15. The first-order valence-electron chi connectivity index (χ1n) is 8.80. The largest absolute Gasteiger partial charge is 0.372 e. The minimum Gasteiger partial charge on any atom is -0.372 e. The molecule has 24 heavy (non-hydrogen) atoms. The van der Waals surface area contributed by atoms with Crippen molar-refractivity contribution in [1.29, 1.82) is 0 Å². The molecule has 0 spiro atoms. The SMILES string of the molecule is CCCNc1nncc(Nc2ccc(N3CCC(C)CC3)cc2)n1. The Bertz CT molecular complexity index is 634. The number of hydrogen-bond donors (Lipinski definition) is 2. The molecular formula is C18H26N6. The lowest BCUT2D eigenvalue weighted by atomic mass is 9.99. The van der Waals surface area contributed by atoms with Crippen molar-refractivity contribution in [1.82, 2.24) is 15.2 Å². The van der Waals surface area contributed by atoms with Crippen molar-refractivity contribution in [2.24, 2.45) is 5.92 Å². The Hall–Kier alpha value is -2.37. The van der Waals surface area contributed by atoms with E-state index in [2.05, 4.69) is 68.8 Å². The van der Waals surface area contributed by atoms with Gasteiger partial charge in [0.25, 0.3) is 0 Å². The van der Waals surface area contributed by atoms with Gasteiger partial charge in [0.05, 0.1) is 6.20 Å². The highest BCUT2D eigenvalue weighted by Crippen LogP contribution is 2.25. The first-order chi connectivity index (χ1) is 11.7. The van der Waals surface area contributed by atoms with E-state index in [0.717, 1.165) is 37.7 Å². The molecule has 0 atom stereocenters. The van der Waals surface area contributed by atoms with E-state index in [-0.39, 0.29) is 0 Å². The highest BCUT2D eigenvalue weighted by molar-refractivity contribution is 5.60. The van der Waals surface area contributed by atoms with Crippen LogP contribution in [0.5, 0.6) is 0 Å². The van der Waals surface area contributed by atoms with Crippen LogP contribution in [-0.4, -0.2) is 34.8 Å². The summed E-state index contributed by atoms with van der Waals surface area (Å²) in [5, 5.41) is 14.4. The van der Waals surface area contributed by atoms with Gasteiger partial charge >= 0.3 is 0 Å². The zero-order valence-electron chi connectivity index (χ0n) is 14.5. The van der Waals surface area contributed by atoms with Gasteiger partial charge in [-0.2, -0.15) is 10.1 Å². The maximum atomic E-state index is 4.42. The van der Waals surface area contributed by atoms with E-state index < -0.39 is 0 Å². The van der Waals surface area contributed by atoms with E-state index in [0.29, 0.717) is 11.8 Å². The molecule has 1 saturated heterocycles. The molecule has 2 aromatic rings. The fourth-order valence-corrected chi connectivity index (χ4v) is 2.85. The Balaban J connectivity index is 1.62. The molecule has 128 valence electrons. The van der Waals surface area contributed by atoms with Crippen LogP contribution in [0, 0.1) is 5.92 Å². The molecule has 1 fully saturated rings. The molecule has 0 aliphatic carbocycles. The van der Waals surface area contributed by atoms with Gasteiger partial charge in [-0.05, 0) is 49.4 Å².